The minimum absolute atomic E-state index is 0.0969. The third-order valence-corrected chi connectivity index (χ3v) is 5.95. The Labute approximate surface area is 153 Å². The Hall–Kier alpha value is -1.66. The van der Waals surface area contributed by atoms with Crippen molar-refractivity contribution in [2.75, 3.05) is 19.1 Å². The standard InChI is InChI=1S/C18H16BrNO3S/c19-14-4-2-13(3-5-14)18-20(7-8-24-18)17(21)10-12-1-6-15-16(9-12)23-11-22-15/h1-6,9,18H,7-8,10-11H2. The quantitative estimate of drug-likeness (QED) is 0.773. The number of benzene rings is 2. The zero-order chi connectivity index (χ0) is 16.5. The van der Waals surface area contributed by atoms with Crippen LogP contribution in [0.5, 0.6) is 11.5 Å². The SMILES string of the molecule is O=C(Cc1ccc2c(c1)OCO2)N1CCSC1c1ccc(Br)cc1. The number of amides is 1. The molecule has 6 heteroatoms. The van der Waals surface area contributed by atoms with Gasteiger partial charge in [0.05, 0.1) is 6.42 Å². The first-order chi connectivity index (χ1) is 11.7. The normalized spacial score (nSPS) is 18.9. The van der Waals surface area contributed by atoms with E-state index in [-0.39, 0.29) is 18.1 Å². The third kappa shape index (κ3) is 3.13. The molecule has 0 aliphatic carbocycles. The van der Waals surface area contributed by atoms with E-state index in [1.807, 2.05) is 47.0 Å². The summed E-state index contributed by atoms with van der Waals surface area (Å²) >= 11 is 5.27. The molecule has 2 aromatic carbocycles. The second-order valence-corrected chi connectivity index (χ2v) is 7.83. The number of nitrogens with zero attached hydrogens (tertiary/aromatic N) is 1. The number of fused-ring (bicyclic) bond motifs is 1. The van der Waals surface area contributed by atoms with E-state index in [9.17, 15) is 4.79 Å². The largest absolute Gasteiger partial charge is 0.454 e. The van der Waals surface area contributed by atoms with E-state index >= 15 is 0 Å². The lowest BCUT2D eigenvalue weighted by molar-refractivity contribution is -0.130. The molecular weight excluding hydrogens is 390 g/mol. The maximum Gasteiger partial charge on any atom is 0.231 e. The molecule has 0 aromatic heterocycles. The second-order valence-electron chi connectivity index (χ2n) is 5.73. The van der Waals surface area contributed by atoms with Gasteiger partial charge in [-0.05, 0) is 35.4 Å². The Morgan fingerprint density at radius 2 is 1.96 bits per heavy atom. The summed E-state index contributed by atoms with van der Waals surface area (Å²) in [6.45, 7) is 1.04. The van der Waals surface area contributed by atoms with Gasteiger partial charge >= 0.3 is 0 Å². The van der Waals surface area contributed by atoms with Gasteiger partial charge in [0, 0.05) is 16.8 Å². The molecule has 0 bridgehead atoms. The molecule has 4 nitrogen and oxygen atoms in total. The minimum Gasteiger partial charge on any atom is -0.454 e. The molecule has 4 rings (SSSR count). The van der Waals surface area contributed by atoms with Crippen LogP contribution in [-0.2, 0) is 11.2 Å². The van der Waals surface area contributed by atoms with E-state index in [0.29, 0.717) is 6.42 Å². The van der Waals surface area contributed by atoms with Crippen molar-refractivity contribution in [2.45, 2.75) is 11.8 Å². The van der Waals surface area contributed by atoms with E-state index in [0.717, 1.165) is 33.8 Å². The van der Waals surface area contributed by atoms with E-state index in [4.69, 9.17) is 9.47 Å². The van der Waals surface area contributed by atoms with Crippen LogP contribution in [0, 0.1) is 0 Å². The molecular formula is C18H16BrNO3S. The lowest BCUT2D eigenvalue weighted by Gasteiger charge is -2.24. The van der Waals surface area contributed by atoms with Gasteiger partial charge in [-0.3, -0.25) is 4.79 Å². The Morgan fingerprint density at radius 1 is 1.17 bits per heavy atom. The van der Waals surface area contributed by atoms with Crippen LogP contribution in [0.2, 0.25) is 0 Å². The lowest BCUT2D eigenvalue weighted by atomic mass is 10.1. The fourth-order valence-electron chi connectivity index (χ4n) is 2.96. The summed E-state index contributed by atoms with van der Waals surface area (Å²) in [6.07, 6.45) is 0.379. The van der Waals surface area contributed by atoms with Crippen LogP contribution >= 0.6 is 27.7 Å². The monoisotopic (exact) mass is 405 g/mol. The molecule has 0 saturated carbocycles. The summed E-state index contributed by atoms with van der Waals surface area (Å²) in [5.41, 5.74) is 2.12. The number of ether oxygens (including phenoxy) is 2. The molecule has 1 unspecified atom stereocenters. The highest BCUT2D eigenvalue weighted by atomic mass is 79.9. The maximum atomic E-state index is 12.8. The molecule has 1 fully saturated rings. The average Bonchev–Trinajstić information content (AvgIpc) is 3.24. The van der Waals surface area contributed by atoms with Crippen molar-refractivity contribution in [3.63, 3.8) is 0 Å². The minimum atomic E-state index is 0.0969. The Bertz CT molecular complexity index is 765. The van der Waals surface area contributed by atoms with Gasteiger partial charge in [0.2, 0.25) is 12.7 Å². The van der Waals surface area contributed by atoms with Gasteiger partial charge in [0.1, 0.15) is 5.37 Å². The van der Waals surface area contributed by atoms with Crippen molar-refractivity contribution in [1.82, 2.24) is 4.90 Å². The van der Waals surface area contributed by atoms with E-state index < -0.39 is 0 Å². The fourth-order valence-corrected chi connectivity index (χ4v) is 4.50. The van der Waals surface area contributed by atoms with Crippen LogP contribution < -0.4 is 9.47 Å². The van der Waals surface area contributed by atoms with Crippen molar-refractivity contribution in [1.29, 1.82) is 0 Å². The van der Waals surface area contributed by atoms with Gasteiger partial charge in [0.15, 0.2) is 11.5 Å². The summed E-state index contributed by atoms with van der Waals surface area (Å²) in [7, 11) is 0. The summed E-state index contributed by atoms with van der Waals surface area (Å²) in [5, 5.41) is 0.0969. The smallest absolute Gasteiger partial charge is 0.231 e. The zero-order valence-electron chi connectivity index (χ0n) is 12.9. The van der Waals surface area contributed by atoms with Gasteiger partial charge in [-0.1, -0.05) is 34.1 Å². The summed E-state index contributed by atoms with van der Waals surface area (Å²) in [5.74, 6) is 2.58. The van der Waals surface area contributed by atoms with Crippen LogP contribution in [-0.4, -0.2) is 29.9 Å². The van der Waals surface area contributed by atoms with Gasteiger partial charge in [-0.15, -0.1) is 11.8 Å². The summed E-state index contributed by atoms with van der Waals surface area (Å²) in [4.78, 5) is 14.8. The first kappa shape index (κ1) is 15.8. The van der Waals surface area contributed by atoms with E-state index in [2.05, 4.69) is 28.1 Å². The van der Waals surface area contributed by atoms with Crippen molar-refractivity contribution in [2.24, 2.45) is 0 Å². The summed E-state index contributed by atoms with van der Waals surface area (Å²) < 4.78 is 11.8. The summed E-state index contributed by atoms with van der Waals surface area (Å²) in [6, 6.07) is 13.9. The highest BCUT2D eigenvalue weighted by Crippen LogP contribution is 2.39. The second kappa shape index (κ2) is 6.69. The number of thioether (sulfide) groups is 1. The van der Waals surface area contributed by atoms with Crippen molar-refractivity contribution >= 4 is 33.6 Å². The molecule has 2 aromatic rings. The van der Waals surface area contributed by atoms with Crippen LogP contribution in [0.4, 0.5) is 0 Å². The number of hydrogen-bond acceptors (Lipinski definition) is 4. The molecule has 0 radical (unpaired) electrons. The van der Waals surface area contributed by atoms with Gasteiger partial charge in [-0.2, -0.15) is 0 Å². The topological polar surface area (TPSA) is 38.8 Å². The number of carbonyl (C=O) groups is 1. The first-order valence-corrected chi connectivity index (χ1v) is 9.60. The van der Waals surface area contributed by atoms with Crippen LogP contribution in [0.1, 0.15) is 16.5 Å². The number of halogens is 1. The highest BCUT2D eigenvalue weighted by molar-refractivity contribution is 9.10. The molecule has 2 aliphatic rings. The third-order valence-electron chi connectivity index (χ3n) is 4.16. The van der Waals surface area contributed by atoms with Crippen molar-refractivity contribution in [3.05, 3.63) is 58.1 Å². The Morgan fingerprint density at radius 3 is 2.79 bits per heavy atom. The van der Waals surface area contributed by atoms with Gasteiger partial charge in [0.25, 0.3) is 0 Å². The number of rotatable bonds is 3. The number of carbonyl (C=O) groups excluding carboxylic acids is 1. The molecule has 2 aliphatic heterocycles. The number of hydrogen-bond donors (Lipinski definition) is 0. The lowest BCUT2D eigenvalue weighted by Crippen LogP contribution is -2.31. The molecule has 124 valence electrons. The van der Waals surface area contributed by atoms with Crippen molar-refractivity contribution in [3.8, 4) is 11.5 Å². The molecule has 2 heterocycles. The maximum absolute atomic E-state index is 12.8. The van der Waals surface area contributed by atoms with Crippen LogP contribution in [0.15, 0.2) is 46.9 Å². The van der Waals surface area contributed by atoms with E-state index in [1.165, 1.54) is 5.56 Å². The molecule has 1 saturated heterocycles. The average molecular weight is 406 g/mol. The van der Waals surface area contributed by atoms with E-state index in [1.54, 1.807) is 0 Å². The molecule has 0 spiro atoms. The highest BCUT2D eigenvalue weighted by Gasteiger charge is 2.30. The van der Waals surface area contributed by atoms with Crippen LogP contribution in [0.3, 0.4) is 0 Å². The first-order valence-electron chi connectivity index (χ1n) is 7.76. The van der Waals surface area contributed by atoms with Crippen LogP contribution in [0.25, 0.3) is 0 Å². The Balaban J connectivity index is 1.50. The zero-order valence-corrected chi connectivity index (χ0v) is 15.3. The van der Waals surface area contributed by atoms with Gasteiger partial charge < -0.3 is 14.4 Å². The predicted molar refractivity (Wildman–Crippen MR) is 97.3 cm³/mol. The molecule has 0 N–H and O–H groups in total. The predicted octanol–water partition coefficient (Wildman–Crippen LogP) is 3.99. The molecule has 24 heavy (non-hydrogen) atoms. The van der Waals surface area contributed by atoms with Crippen molar-refractivity contribution < 1.29 is 14.3 Å². The fraction of sp³-hybridized carbons (Fsp3) is 0.278. The van der Waals surface area contributed by atoms with Gasteiger partial charge in [-0.25, -0.2) is 0 Å². The Kier molecular flexibility index (Phi) is 4.41. The molecule has 1 atom stereocenters. The molecule has 1 amide bonds.